The summed E-state index contributed by atoms with van der Waals surface area (Å²) in [4.78, 5) is 14.1. The maximum Gasteiger partial charge on any atom is 0.257 e. The molecule has 0 saturated carbocycles. The predicted molar refractivity (Wildman–Crippen MR) is 76.5 cm³/mol. The minimum atomic E-state index is 0.0899. The van der Waals surface area contributed by atoms with E-state index in [0.29, 0.717) is 5.56 Å². The first-order chi connectivity index (χ1) is 9.16. The van der Waals surface area contributed by atoms with Crippen molar-refractivity contribution < 1.29 is 4.79 Å². The molecule has 0 N–H and O–H groups in total. The van der Waals surface area contributed by atoms with Crippen molar-refractivity contribution in [2.45, 2.75) is 13.3 Å². The highest BCUT2D eigenvalue weighted by Gasteiger charge is 2.25. The Hall–Kier alpha value is -1.62. The number of likely N-dealkylation sites (tertiary alicyclic amines) is 1. The van der Waals surface area contributed by atoms with E-state index in [9.17, 15) is 4.79 Å². The fourth-order valence-corrected chi connectivity index (χ4v) is 2.42. The fraction of sp³-hybridized carbons (Fsp3) is 0.286. The van der Waals surface area contributed by atoms with Crippen molar-refractivity contribution in [3.05, 3.63) is 46.2 Å². The van der Waals surface area contributed by atoms with E-state index in [2.05, 4.69) is 21.0 Å². The van der Waals surface area contributed by atoms with Crippen LogP contribution in [0.25, 0.3) is 5.69 Å². The smallest absolute Gasteiger partial charge is 0.257 e. The Balaban J connectivity index is 1.94. The van der Waals surface area contributed by atoms with Crippen LogP contribution < -0.4 is 0 Å². The number of halogens is 1. The summed E-state index contributed by atoms with van der Waals surface area (Å²) in [5, 5.41) is 4.33. The van der Waals surface area contributed by atoms with Crippen LogP contribution in [0, 0.1) is 6.92 Å². The van der Waals surface area contributed by atoms with E-state index < -0.39 is 0 Å². The molecule has 98 valence electrons. The number of aromatic nitrogens is 2. The van der Waals surface area contributed by atoms with E-state index in [0.717, 1.165) is 35.4 Å². The topological polar surface area (TPSA) is 38.1 Å². The lowest BCUT2D eigenvalue weighted by molar-refractivity contribution is 0.0651. The van der Waals surface area contributed by atoms with Gasteiger partial charge in [-0.2, -0.15) is 5.10 Å². The Morgan fingerprint density at radius 1 is 1.26 bits per heavy atom. The van der Waals surface area contributed by atoms with Crippen LogP contribution in [0.5, 0.6) is 0 Å². The lowest BCUT2D eigenvalue weighted by atomic mass is 10.1. The summed E-state index contributed by atoms with van der Waals surface area (Å²) in [7, 11) is 0. The average molecular weight is 320 g/mol. The van der Waals surface area contributed by atoms with Crippen LogP contribution in [0.15, 0.2) is 34.9 Å². The molecule has 1 aromatic heterocycles. The Morgan fingerprint density at radius 2 is 1.95 bits per heavy atom. The quantitative estimate of drug-likeness (QED) is 0.853. The van der Waals surface area contributed by atoms with E-state index >= 15 is 0 Å². The van der Waals surface area contributed by atoms with E-state index in [4.69, 9.17) is 0 Å². The van der Waals surface area contributed by atoms with Crippen molar-refractivity contribution in [2.75, 3.05) is 13.1 Å². The second kappa shape index (κ2) is 4.81. The van der Waals surface area contributed by atoms with Gasteiger partial charge >= 0.3 is 0 Å². The standard InChI is InChI=1S/C14H14BrN3O/c1-10-13(14(19)17-7-2-8-17)9-16-18(10)12-5-3-11(15)4-6-12/h3-6,9H,2,7-8H2,1H3. The average Bonchev–Trinajstić information content (AvgIpc) is 2.70. The first-order valence-electron chi connectivity index (χ1n) is 6.26. The van der Waals surface area contributed by atoms with Crippen LogP contribution in [0.3, 0.4) is 0 Å². The molecule has 0 atom stereocenters. The molecule has 0 spiro atoms. The Kier molecular flexibility index (Phi) is 3.14. The molecule has 1 aliphatic heterocycles. The van der Waals surface area contributed by atoms with E-state index in [1.807, 2.05) is 36.1 Å². The summed E-state index contributed by atoms with van der Waals surface area (Å²) >= 11 is 3.41. The van der Waals surface area contributed by atoms with Gasteiger partial charge in [0.1, 0.15) is 0 Å². The minimum absolute atomic E-state index is 0.0899. The molecule has 19 heavy (non-hydrogen) atoms. The molecule has 1 fully saturated rings. The molecule has 0 bridgehead atoms. The molecule has 1 amide bonds. The molecule has 0 aliphatic carbocycles. The van der Waals surface area contributed by atoms with Gasteiger partial charge in [0.25, 0.3) is 5.91 Å². The van der Waals surface area contributed by atoms with Crippen LogP contribution in [-0.4, -0.2) is 33.7 Å². The Bertz CT molecular complexity index is 614. The van der Waals surface area contributed by atoms with Crippen molar-refractivity contribution in [3.63, 3.8) is 0 Å². The van der Waals surface area contributed by atoms with Gasteiger partial charge in [-0.05, 0) is 37.6 Å². The van der Waals surface area contributed by atoms with Gasteiger partial charge in [-0.1, -0.05) is 15.9 Å². The van der Waals surface area contributed by atoms with Gasteiger partial charge in [0, 0.05) is 17.6 Å². The van der Waals surface area contributed by atoms with Gasteiger partial charge in [-0.3, -0.25) is 4.79 Å². The molecule has 2 aromatic rings. The zero-order valence-electron chi connectivity index (χ0n) is 10.6. The van der Waals surface area contributed by atoms with E-state index in [-0.39, 0.29) is 5.91 Å². The first-order valence-corrected chi connectivity index (χ1v) is 7.06. The van der Waals surface area contributed by atoms with Gasteiger partial charge in [0.05, 0.1) is 23.1 Å². The molecule has 1 aromatic carbocycles. The summed E-state index contributed by atoms with van der Waals surface area (Å²) in [5.41, 5.74) is 2.55. The highest BCUT2D eigenvalue weighted by molar-refractivity contribution is 9.10. The summed E-state index contributed by atoms with van der Waals surface area (Å²) in [5.74, 6) is 0.0899. The number of carbonyl (C=O) groups excluding carboxylic acids is 1. The first kappa shape index (κ1) is 12.4. The third-order valence-electron chi connectivity index (χ3n) is 3.45. The molecule has 1 saturated heterocycles. The summed E-state index contributed by atoms with van der Waals surface area (Å²) in [6.07, 6.45) is 2.77. The van der Waals surface area contributed by atoms with Crippen molar-refractivity contribution in [1.82, 2.24) is 14.7 Å². The Morgan fingerprint density at radius 3 is 2.53 bits per heavy atom. The number of carbonyl (C=O) groups is 1. The predicted octanol–water partition coefficient (Wildman–Crippen LogP) is 2.79. The third-order valence-corrected chi connectivity index (χ3v) is 3.98. The second-order valence-corrected chi connectivity index (χ2v) is 5.59. The van der Waals surface area contributed by atoms with Crippen molar-refractivity contribution in [1.29, 1.82) is 0 Å². The highest BCUT2D eigenvalue weighted by Crippen LogP contribution is 2.19. The van der Waals surface area contributed by atoms with Gasteiger partial charge in [0.15, 0.2) is 0 Å². The fourth-order valence-electron chi connectivity index (χ4n) is 2.15. The van der Waals surface area contributed by atoms with E-state index in [1.54, 1.807) is 10.9 Å². The molecule has 2 heterocycles. The Labute approximate surface area is 120 Å². The van der Waals surface area contributed by atoms with Crippen LogP contribution >= 0.6 is 15.9 Å². The SMILES string of the molecule is Cc1c(C(=O)N2CCC2)cnn1-c1ccc(Br)cc1. The lowest BCUT2D eigenvalue weighted by Crippen LogP contribution is -2.42. The molecule has 5 heteroatoms. The maximum absolute atomic E-state index is 12.2. The third kappa shape index (κ3) is 2.18. The van der Waals surface area contributed by atoms with Crippen LogP contribution in [0.2, 0.25) is 0 Å². The number of hydrogen-bond acceptors (Lipinski definition) is 2. The summed E-state index contributed by atoms with van der Waals surface area (Å²) in [6, 6.07) is 7.88. The number of rotatable bonds is 2. The molecular weight excluding hydrogens is 306 g/mol. The van der Waals surface area contributed by atoms with E-state index in [1.165, 1.54) is 0 Å². The molecule has 4 nitrogen and oxygen atoms in total. The lowest BCUT2D eigenvalue weighted by Gasteiger charge is -2.30. The van der Waals surface area contributed by atoms with Crippen molar-refractivity contribution in [2.24, 2.45) is 0 Å². The van der Waals surface area contributed by atoms with Crippen LogP contribution in [0.4, 0.5) is 0 Å². The monoisotopic (exact) mass is 319 g/mol. The van der Waals surface area contributed by atoms with Gasteiger partial charge < -0.3 is 4.90 Å². The van der Waals surface area contributed by atoms with Crippen LogP contribution in [0.1, 0.15) is 22.5 Å². The summed E-state index contributed by atoms with van der Waals surface area (Å²) < 4.78 is 2.83. The normalized spacial score (nSPS) is 14.3. The maximum atomic E-state index is 12.2. The number of amides is 1. The second-order valence-electron chi connectivity index (χ2n) is 4.68. The molecule has 1 aliphatic rings. The largest absolute Gasteiger partial charge is 0.338 e. The number of benzene rings is 1. The minimum Gasteiger partial charge on any atom is -0.338 e. The molecular formula is C14H14BrN3O. The van der Waals surface area contributed by atoms with Crippen molar-refractivity contribution >= 4 is 21.8 Å². The number of nitrogens with zero attached hydrogens (tertiary/aromatic N) is 3. The zero-order chi connectivity index (χ0) is 13.4. The van der Waals surface area contributed by atoms with Gasteiger partial charge in [-0.25, -0.2) is 4.68 Å². The highest BCUT2D eigenvalue weighted by atomic mass is 79.9. The molecule has 3 rings (SSSR count). The van der Waals surface area contributed by atoms with Crippen LogP contribution in [-0.2, 0) is 0 Å². The van der Waals surface area contributed by atoms with Gasteiger partial charge in [-0.15, -0.1) is 0 Å². The van der Waals surface area contributed by atoms with Crippen molar-refractivity contribution in [3.8, 4) is 5.69 Å². The molecule has 0 radical (unpaired) electrons. The number of hydrogen-bond donors (Lipinski definition) is 0. The summed E-state index contributed by atoms with van der Waals surface area (Å²) in [6.45, 7) is 3.66. The zero-order valence-corrected chi connectivity index (χ0v) is 12.2. The van der Waals surface area contributed by atoms with Gasteiger partial charge in [0.2, 0.25) is 0 Å². The molecule has 0 unspecified atom stereocenters.